The van der Waals surface area contributed by atoms with Gasteiger partial charge in [-0.2, -0.15) is 0 Å². The summed E-state index contributed by atoms with van der Waals surface area (Å²) in [5, 5.41) is 0.924. The topological polar surface area (TPSA) is 64.0 Å². The number of fused-ring (bicyclic) bond motifs is 1. The molecule has 31 heavy (non-hydrogen) atoms. The second kappa shape index (κ2) is 8.69. The highest BCUT2D eigenvalue weighted by Crippen LogP contribution is 2.26. The third kappa shape index (κ3) is 4.29. The highest BCUT2D eigenvalue weighted by molar-refractivity contribution is 9.10. The molecule has 5 rings (SSSR count). The van der Waals surface area contributed by atoms with Crippen molar-refractivity contribution in [2.45, 2.75) is 12.8 Å². The normalized spacial score (nSPS) is 15.2. The molecular weight excluding hydrogens is 454 g/mol. The molecular formula is C24H22BrN5O. The van der Waals surface area contributed by atoms with Gasteiger partial charge in [0.2, 0.25) is 0 Å². The van der Waals surface area contributed by atoms with Crippen LogP contribution in [0.5, 0.6) is 0 Å². The minimum atomic E-state index is 0.0810. The smallest absolute Gasteiger partial charge is 0.163 e. The molecule has 0 amide bonds. The van der Waals surface area contributed by atoms with Crippen molar-refractivity contribution >= 4 is 32.8 Å². The molecule has 1 aliphatic heterocycles. The minimum absolute atomic E-state index is 0.0810. The molecule has 0 saturated carbocycles. The molecule has 1 unspecified atom stereocenters. The summed E-state index contributed by atoms with van der Waals surface area (Å²) in [6, 6.07) is 16.4. The summed E-state index contributed by atoms with van der Waals surface area (Å²) >= 11 is 3.49. The zero-order chi connectivity index (χ0) is 21.2. The summed E-state index contributed by atoms with van der Waals surface area (Å²) in [7, 11) is 0. The minimum Gasteiger partial charge on any atom is -0.378 e. The fourth-order valence-corrected chi connectivity index (χ4v) is 3.97. The molecule has 1 saturated heterocycles. The molecule has 4 aromatic rings. The molecule has 1 aliphatic rings. The predicted molar refractivity (Wildman–Crippen MR) is 125 cm³/mol. The van der Waals surface area contributed by atoms with E-state index in [1.165, 1.54) is 5.56 Å². The van der Waals surface area contributed by atoms with Crippen LogP contribution in [0.1, 0.15) is 24.2 Å². The number of nitrogens with zero attached hydrogens (tertiary/aromatic N) is 5. The maximum atomic E-state index is 5.42. The van der Waals surface area contributed by atoms with Crippen molar-refractivity contribution in [1.82, 2.24) is 19.9 Å². The van der Waals surface area contributed by atoms with Crippen molar-refractivity contribution in [2.24, 2.45) is 0 Å². The molecule has 0 bridgehead atoms. The van der Waals surface area contributed by atoms with Gasteiger partial charge in [-0.1, -0.05) is 35.0 Å². The lowest BCUT2D eigenvalue weighted by Gasteiger charge is -2.27. The highest BCUT2D eigenvalue weighted by atomic mass is 79.9. The second-order valence-electron chi connectivity index (χ2n) is 7.62. The number of hydrogen-bond donors (Lipinski definition) is 0. The Bertz CT molecular complexity index is 1190. The number of pyridine rings is 2. The molecule has 156 valence electrons. The third-order valence-corrected chi connectivity index (χ3v) is 6.13. The first-order valence-electron chi connectivity index (χ1n) is 10.4. The summed E-state index contributed by atoms with van der Waals surface area (Å²) in [5.41, 5.74) is 3.69. The van der Waals surface area contributed by atoms with Crippen LogP contribution in [-0.2, 0) is 4.74 Å². The fourth-order valence-electron chi connectivity index (χ4n) is 3.71. The van der Waals surface area contributed by atoms with E-state index >= 15 is 0 Å². The van der Waals surface area contributed by atoms with Crippen molar-refractivity contribution in [3.8, 4) is 11.3 Å². The van der Waals surface area contributed by atoms with E-state index in [-0.39, 0.29) is 5.92 Å². The molecule has 0 spiro atoms. The molecule has 4 heterocycles. The van der Waals surface area contributed by atoms with Crippen molar-refractivity contribution < 1.29 is 4.74 Å². The van der Waals surface area contributed by atoms with Gasteiger partial charge in [0.25, 0.3) is 0 Å². The molecule has 3 aromatic heterocycles. The van der Waals surface area contributed by atoms with Crippen molar-refractivity contribution in [1.29, 1.82) is 0 Å². The Balaban J connectivity index is 1.43. The molecule has 0 aliphatic carbocycles. The van der Waals surface area contributed by atoms with E-state index < -0.39 is 0 Å². The van der Waals surface area contributed by atoms with Gasteiger partial charge in [-0.3, -0.25) is 0 Å². The molecule has 0 radical (unpaired) electrons. The molecule has 1 atom stereocenters. The third-order valence-electron chi connectivity index (χ3n) is 5.60. The number of halogens is 1. The average Bonchev–Trinajstić information content (AvgIpc) is 2.84. The van der Waals surface area contributed by atoms with Gasteiger partial charge in [0.05, 0.1) is 18.9 Å². The monoisotopic (exact) mass is 475 g/mol. The van der Waals surface area contributed by atoms with Crippen LogP contribution < -0.4 is 4.90 Å². The molecule has 7 heteroatoms. The van der Waals surface area contributed by atoms with E-state index in [2.05, 4.69) is 55.9 Å². The van der Waals surface area contributed by atoms with E-state index in [9.17, 15) is 0 Å². The van der Waals surface area contributed by atoms with Gasteiger partial charge in [-0.05, 0) is 42.0 Å². The van der Waals surface area contributed by atoms with Gasteiger partial charge < -0.3 is 9.64 Å². The fraction of sp³-hybridized carbons (Fsp3) is 0.250. The van der Waals surface area contributed by atoms with E-state index in [4.69, 9.17) is 14.7 Å². The zero-order valence-corrected chi connectivity index (χ0v) is 18.8. The van der Waals surface area contributed by atoms with Crippen LogP contribution in [0.15, 0.2) is 65.4 Å². The molecule has 0 N–H and O–H groups in total. The summed E-state index contributed by atoms with van der Waals surface area (Å²) in [5.74, 6) is 1.82. The number of rotatable bonds is 4. The first-order valence-corrected chi connectivity index (χ1v) is 11.1. The Morgan fingerprint density at radius 3 is 2.45 bits per heavy atom. The van der Waals surface area contributed by atoms with Gasteiger partial charge in [0, 0.05) is 46.8 Å². The first-order chi connectivity index (χ1) is 15.2. The SMILES string of the molecule is CC(c1ccc(Br)cc1)c1ncc2ccc(-c3ccc(N4CCOCC4)nc3)nc2n1. The lowest BCUT2D eigenvalue weighted by molar-refractivity contribution is 0.122. The van der Waals surface area contributed by atoms with E-state index in [1.54, 1.807) is 0 Å². The Hall–Kier alpha value is -2.90. The number of benzene rings is 1. The Morgan fingerprint density at radius 1 is 0.903 bits per heavy atom. The van der Waals surface area contributed by atoms with E-state index in [0.29, 0.717) is 5.65 Å². The van der Waals surface area contributed by atoms with Crippen LogP contribution in [0.25, 0.3) is 22.3 Å². The lowest BCUT2D eigenvalue weighted by Crippen LogP contribution is -2.36. The van der Waals surface area contributed by atoms with Gasteiger partial charge in [-0.15, -0.1) is 0 Å². The van der Waals surface area contributed by atoms with Gasteiger partial charge in [0.1, 0.15) is 11.6 Å². The maximum absolute atomic E-state index is 5.42. The predicted octanol–water partition coefficient (Wildman–Crippen LogP) is 4.84. The Kier molecular flexibility index (Phi) is 5.61. The number of ether oxygens (including phenoxy) is 1. The van der Waals surface area contributed by atoms with Crippen LogP contribution in [0, 0.1) is 0 Å². The molecule has 1 aromatic carbocycles. The summed E-state index contributed by atoms with van der Waals surface area (Å²) < 4.78 is 6.48. The molecule has 1 fully saturated rings. The lowest BCUT2D eigenvalue weighted by atomic mass is 10.0. The van der Waals surface area contributed by atoms with Crippen LogP contribution in [0.2, 0.25) is 0 Å². The van der Waals surface area contributed by atoms with Gasteiger partial charge in [0.15, 0.2) is 5.65 Å². The van der Waals surface area contributed by atoms with Gasteiger partial charge in [-0.25, -0.2) is 19.9 Å². The van der Waals surface area contributed by atoms with Crippen molar-refractivity contribution in [2.75, 3.05) is 31.2 Å². The van der Waals surface area contributed by atoms with E-state index in [0.717, 1.165) is 59.1 Å². The average molecular weight is 476 g/mol. The van der Waals surface area contributed by atoms with Gasteiger partial charge >= 0.3 is 0 Å². The summed E-state index contributed by atoms with van der Waals surface area (Å²) in [6.07, 6.45) is 3.73. The van der Waals surface area contributed by atoms with E-state index in [1.807, 2.05) is 42.7 Å². The summed E-state index contributed by atoms with van der Waals surface area (Å²) in [4.78, 5) is 21.0. The van der Waals surface area contributed by atoms with Crippen LogP contribution >= 0.6 is 15.9 Å². The van der Waals surface area contributed by atoms with Crippen LogP contribution in [0.4, 0.5) is 5.82 Å². The number of hydrogen-bond acceptors (Lipinski definition) is 6. The second-order valence-corrected chi connectivity index (χ2v) is 8.53. The van der Waals surface area contributed by atoms with Crippen LogP contribution in [0.3, 0.4) is 0 Å². The quantitative estimate of drug-likeness (QED) is 0.420. The molecule has 6 nitrogen and oxygen atoms in total. The summed E-state index contributed by atoms with van der Waals surface area (Å²) in [6.45, 7) is 5.35. The number of aromatic nitrogens is 4. The largest absolute Gasteiger partial charge is 0.378 e. The number of anilines is 1. The van der Waals surface area contributed by atoms with Crippen molar-refractivity contribution in [3.05, 3.63) is 76.8 Å². The van der Waals surface area contributed by atoms with Crippen molar-refractivity contribution in [3.63, 3.8) is 0 Å². The Labute approximate surface area is 189 Å². The maximum Gasteiger partial charge on any atom is 0.163 e. The zero-order valence-electron chi connectivity index (χ0n) is 17.2. The highest BCUT2D eigenvalue weighted by Gasteiger charge is 2.14. The Morgan fingerprint density at radius 2 is 1.71 bits per heavy atom. The number of morpholine rings is 1. The standard InChI is InChI=1S/C24H22BrN5O/c1-16(17-2-6-20(25)7-3-17)23-27-15-19-4-8-21(28-24(19)29-23)18-5-9-22(26-14-18)30-10-12-31-13-11-30/h2-9,14-16H,10-13H2,1H3. The first kappa shape index (κ1) is 20.0. The van der Waals surface area contributed by atoms with Crippen LogP contribution in [-0.4, -0.2) is 46.2 Å².